The van der Waals surface area contributed by atoms with Crippen molar-refractivity contribution in [3.63, 3.8) is 0 Å². The zero-order valence-corrected chi connectivity index (χ0v) is 11.6. The monoisotopic (exact) mass is 296 g/mol. The van der Waals surface area contributed by atoms with Gasteiger partial charge in [0, 0.05) is 5.69 Å². The Labute approximate surface area is 115 Å². The van der Waals surface area contributed by atoms with Crippen LogP contribution in [0, 0.1) is 13.8 Å². The van der Waals surface area contributed by atoms with Crippen molar-refractivity contribution in [2.75, 3.05) is 4.72 Å². The van der Waals surface area contributed by atoms with Crippen molar-refractivity contribution in [3.05, 3.63) is 41.3 Å². The minimum atomic E-state index is -3.87. The van der Waals surface area contributed by atoms with Crippen LogP contribution >= 0.6 is 0 Å². The molecule has 1 aromatic heterocycles. The summed E-state index contributed by atoms with van der Waals surface area (Å²) < 4.78 is 31.6. The summed E-state index contributed by atoms with van der Waals surface area (Å²) in [6.45, 7) is 3.00. The Bertz CT molecular complexity index is 744. The van der Waals surface area contributed by atoms with Crippen LogP contribution in [-0.2, 0) is 10.0 Å². The molecular weight excluding hydrogens is 284 g/mol. The molecule has 2 rings (SSSR count). The lowest BCUT2D eigenvalue weighted by molar-refractivity contribution is 0.0697. The smallest absolute Gasteiger partial charge is 0.335 e. The molecule has 0 aliphatic heterocycles. The van der Waals surface area contributed by atoms with Crippen LogP contribution < -0.4 is 4.72 Å². The van der Waals surface area contributed by atoms with Gasteiger partial charge in [0.15, 0.2) is 10.7 Å². The molecular formula is C12H12N2O5S. The van der Waals surface area contributed by atoms with E-state index >= 15 is 0 Å². The number of hydrogen-bond acceptors (Lipinski definition) is 5. The highest BCUT2D eigenvalue weighted by Gasteiger charge is 2.24. The van der Waals surface area contributed by atoms with E-state index in [1.165, 1.54) is 38.1 Å². The van der Waals surface area contributed by atoms with Gasteiger partial charge >= 0.3 is 5.97 Å². The number of aromatic nitrogens is 1. The van der Waals surface area contributed by atoms with Crippen LogP contribution in [0.5, 0.6) is 0 Å². The first-order valence-corrected chi connectivity index (χ1v) is 7.08. The van der Waals surface area contributed by atoms with Crippen LogP contribution in [-0.4, -0.2) is 24.7 Å². The maximum Gasteiger partial charge on any atom is 0.335 e. The summed E-state index contributed by atoms with van der Waals surface area (Å²) in [6.07, 6.45) is 0. The topological polar surface area (TPSA) is 110 Å². The number of carboxylic acid groups (broad SMARTS) is 1. The van der Waals surface area contributed by atoms with Crippen LogP contribution in [0.15, 0.2) is 33.7 Å². The first kappa shape index (κ1) is 14.1. The number of aryl methyl sites for hydroxylation is 2. The Morgan fingerprint density at radius 3 is 2.60 bits per heavy atom. The maximum absolute atomic E-state index is 12.2. The zero-order chi connectivity index (χ0) is 14.9. The lowest BCUT2D eigenvalue weighted by Gasteiger charge is -2.08. The number of aromatic carboxylic acids is 1. The number of rotatable bonds is 4. The predicted molar refractivity (Wildman–Crippen MR) is 70.2 cm³/mol. The molecule has 0 saturated heterocycles. The number of nitrogens with one attached hydrogen (secondary N) is 1. The number of nitrogens with zero attached hydrogens (tertiary/aromatic N) is 1. The van der Waals surface area contributed by atoms with Crippen molar-refractivity contribution in [1.29, 1.82) is 0 Å². The molecule has 0 atom stereocenters. The highest BCUT2D eigenvalue weighted by atomic mass is 32.2. The Hall–Kier alpha value is -2.35. The number of carbonyl (C=O) groups is 1. The second-order valence-corrected chi connectivity index (χ2v) is 5.76. The molecule has 0 amide bonds. The van der Waals surface area contributed by atoms with E-state index in [0.29, 0.717) is 0 Å². The van der Waals surface area contributed by atoms with Gasteiger partial charge in [-0.1, -0.05) is 11.2 Å². The number of anilines is 1. The number of benzene rings is 1. The SMILES string of the molecule is Cc1noc(C)c1S(=O)(=O)Nc1cccc(C(=O)O)c1. The largest absolute Gasteiger partial charge is 0.478 e. The quantitative estimate of drug-likeness (QED) is 0.890. The van der Waals surface area contributed by atoms with Gasteiger partial charge in [0.25, 0.3) is 10.0 Å². The predicted octanol–water partition coefficient (Wildman–Crippen LogP) is 1.79. The molecule has 1 aromatic carbocycles. The second-order valence-electron chi connectivity index (χ2n) is 4.14. The van der Waals surface area contributed by atoms with Gasteiger partial charge in [-0.05, 0) is 32.0 Å². The van der Waals surface area contributed by atoms with Crippen LogP contribution in [0.1, 0.15) is 21.8 Å². The summed E-state index contributed by atoms with van der Waals surface area (Å²) >= 11 is 0. The van der Waals surface area contributed by atoms with Crippen molar-refractivity contribution in [2.24, 2.45) is 0 Å². The van der Waals surface area contributed by atoms with Gasteiger partial charge < -0.3 is 9.63 Å². The minimum absolute atomic E-state index is 0.0102. The molecule has 7 nitrogen and oxygen atoms in total. The van der Waals surface area contributed by atoms with Crippen molar-refractivity contribution in [3.8, 4) is 0 Å². The number of sulfonamides is 1. The fourth-order valence-electron chi connectivity index (χ4n) is 1.78. The van der Waals surface area contributed by atoms with E-state index in [4.69, 9.17) is 9.63 Å². The molecule has 0 spiro atoms. The third-order valence-corrected chi connectivity index (χ3v) is 4.22. The molecule has 0 aliphatic rings. The normalized spacial score (nSPS) is 11.3. The standard InChI is InChI=1S/C12H12N2O5S/c1-7-11(8(2)19-13-7)20(17,18)14-10-5-3-4-9(6-10)12(15)16/h3-6,14H,1-2H3,(H,15,16). The Kier molecular flexibility index (Phi) is 3.49. The summed E-state index contributed by atoms with van der Waals surface area (Å²) in [6, 6.07) is 5.52. The van der Waals surface area contributed by atoms with Crippen LogP contribution in [0.2, 0.25) is 0 Å². The molecule has 0 fully saturated rings. The van der Waals surface area contributed by atoms with Crippen molar-refractivity contribution in [2.45, 2.75) is 18.7 Å². The summed E-state index contributed by atoms with van der Waals surface area (Å²) in [5.41, 5.74) is 0.387. The third-order valence-electron chi connectivity index (χ3n) is 2.60. The molecule has 20 heavy (non-hydrogen) atoms. The summed E-state index contributed by atoms with van der Waals surface area (Å²) in [4.78, 5) is 10.8. The fraction of sp³-hybridized carbons (Fsp3) is 0.167. The average molecular weight is 296 g/mol. The van der Waals surface area contributed by atoms with Gasteiger partial charge in [-0.25, -0.2) is 13.2 Å². The Morgan fingerprint density at radius 2 is 2.05 bits per heavy atom. The van der Waals surface area contributed by atoms with E-state index in [9.17, 15) is 13.2 Å². The van der Waals surface area contributed by atoms with E-state index in [0.717, 1.165) is 0 Å². The van der Waals surface area contributed by atoms with Gasteiger partial charge in [-0.2, -0.15) is 0 Å². The Morgan fingerprint density at radius 1 is 1.35 bits per heavy atom. The van der Waals surface area contributed by atoms with Gasteiger partial charge in [-0.3, -0.25) is 4.72 Å². The van der Waals surface area contributed by atoms with E-state index in [1.807, 2.05) is 0 Å². The zero-order valence-electron chi connectivity index (χ0n) is 10.7. The van der Waals surface area contributed by atoms with Gasteiger partial charge in [0.05, 0.1) is 5.56 Å². The molecule has 1 heterocycles. The van der Waals surface area contributed by atoms with Gasteiger partial charge in [0.2, 0.25) is 0 Å². The molecule has 2 aromatic rings. The summed E-state index contributed by atoms with van der Waals surface area (Å²) in [5, 5.41) is 12.5. The van der Waals surface area contributed by atoms with Gasteiger partial charge in [-0.15, -0.1) is 0 Å². The lowest BCUT2D eigenvalue weighted by atomic mass is 10.2. The van der Waals surface area contributed by atoms with Crippen molar-refractivity contribution >= 4 is 21.7 Å². The molecule has 0 bridgehead atoms. The van der Waals surface area contributed by atoms with Gasteiger partial charge in [0.1, 0.15) is 5.69 Å². The van der Waals surface area contributed by atoms with Crippen LogP contribution in [0.25, 0.3) is 0 Å². The Balaban J connectivity index is 2.39. The molecule has 0 aliphatic carbocycles. The van der Waals surface area contributed by atoms with Crippen molar-refractivity contribution < 1.29 is 22.8 Å². The maximum atomic E-state index is 12.2. The average Bonchev–Trinajstić information content (AvgIpc) is 2.69. The minimum Gasteiger partial charge on any atom is -0.478 e. The molecule has 0 unspecified atom stereocenters. The van der Waals surface area contributed by atoms with E-state index in [2.05, 4.69) is 9.88 Å². The third kappa shape index (κ3) is 2.64. The molecule has 8 heteroatoms. The second kappa shape index (κ2) is 4.97. The first-order chi connectivity index (χ1) is 9.31. The summed E-state index contributed by atoms with van der Waals surface area (Å²) in [7, 11) is -3.87. The van der Waals surface area contributed by atoms with E-state index < -0.39 is 16.0 Å². The fourth-order valence-corrected chi connectivity index (χ4v) is 3.16. The molecule has 2 N–H and O–H groups in total. The molecule has 0 radical (unpaired) electrons. The number of carboxylic acids is 1. The van der Waals surface area contributed by atoms with Crippen LogP contribution in [0.4, 0.5) is 5.69 Å². The van der Waals surface area contributed by atoms with Crippen LogP contribution in [0.3, 0.4) is 0 Å². The lowest BCUT2D eigenvalue weighted by Crippen LogP contribution is -2.14. The highest BCUT2D eigenvalue weighted by Crippen LogP contribution is 2.22. The highest BCUT2D eigenvalue weighted by molar-refractivity contribution is 7.92. The molecule has 106 valence electrons. The summed E-state index contributed by atoms with van der Waals surface area (Å²) in [5.74, 6) is -0.965. The molecule has 0 saturated carbocycles. The van der Waals surface area contributed by atoms with Crippen molar-refractivity contribution in [1.82, 2.24) is 5.16 Å². The van der Waals surface area contributed by atoms with E-state index in [1.54, 1.807) is 0 Å². The number of hydrogen-bond donors (Lipinski definition) is 2. The van der Waals surface area contributed by atoms with E-state index in [-0.39, 0.29) is 27.6 Å². The first-order valence-electron chi connectivity index (χ1n) is 5.60.